The van der Waals surface area contributed by atoms with Crippen molar-refractivity contribution >= 4 is 24.3 Å². The molecule has 0 saturated carbocycles. The van der Waals surface area contributed by atoms with Gasteiger partial charge in [-0.25, -0.2) is 13.4 Å². The van der Waals surface area contributed by atoms with Crippen molar-refractivity contribution in [1.82, 2.24) is 0 Å². The SMILES string of the molecule is CO[PH](=O)OP(=O)(OC)O[PH](=O)OC#N. The lowest BCUT2D eigenvalue weighted by Crippen LogP contribution is -1.89. The molecule has 88 valence electrons. The lowest BCUT2D eigenvalue weighted by Gasteiger charge is -2.12. The lowest BCUT2D eigenvalue weighted by molar-refractivity contribution is 0.230. The highest BCUT2D eigenvalue weighted by Crippen LogP contribution is 2.61. The Bertz CT molecular complexity index is 335. The van der Waals surface area contributed by atoms with E-state index < -0.39 is 24.3 Å². The predicted molar refractivity (Wildman–Crippen MR) is 48.5 cm³/mol. The Balaban J connectivity index is 4.45. The third-order valence-corrected chi connectivity index (χ3v) is 4.91. The second-order valence-electron chi connectivity index (χ2n) is 1.71. The van der Waals surface area contributed by atoms with Crippen molar-refractivity contribution in [1.29, 1.82) is 5.26 Å². The van der Waals surface area contributed by atoms with Crippen LogP contribution in [0.5, 0.6) is 0 Å². The summed E-state index contributed by atoms with van der Waals surface area (Å²) in [7, 11) is -8.79. The minimum Gasteiger partial charge on any atom is -0.351 e. The fraction of sp³-hybridized carbons (Fsp3) is 0.667. The van der Waals surface area contributed by atoms with Gasteiger partial charge in [0.05, 0.1) is 0 Å². The predicted octanol–water partition coefficient (Wildman–Crippen LogP) is 1.70. The zero-order valence-electron chi connectivity index (χ0n) is 7.66. The Morgan fingerprint density at radius 3 is 2.13 bits per heavy atom. The quantitative estimate of drug-likeness (QED) is 0.506. The number of nitriles is 1. The first-order valence-corrected chi connectivity index (χ1v) is 7.11. The molecule has 0 spiro atoms. The molecule has 0 radical (unpaired) electrons. The molecule has 0 N–H and O–H groups in total. The highest BCUT2D eigenvalue weighted by molar-refractivity contribution is 7.61. The first kappa shape index (κ1) is 14.8. The Morgan fingerprint density at radius 1 is 1.20 bits per heavy atom. The minimum atomic E-state index is -4.29. The zero-order valence-corrected chi connectivity index (χ0v) is 10.6. The second kappa shape index (κ2) is 7.15. The van der Waals surface area contributed by atoms with E-state index in [0.717, 1.165) is 20.5 Å². The van der Waals surface area contributed by atoms with Crippen molar-refractivity contribution in [3.05, 3.63) is 0 Å². The fourth-order valence-electron chi connectivity index (χ4n) is 0.369. The summed E-state index contributed by atoms with van der Waals surface area (Å²) in [5, 5.41) is 7.96. The maximum absolute atomic E-state index is 11.4. The van der Waals surface area contributed by atoms with Crippen molar-refractivity contribution in [3.8, 4) is 6.26 Å². The van der Waals surface area contributed by atoms with Gasteiger partial charge in [-0.05, 0) is 0 Å². The average molecular weight is 279 g/mol. The van der Waals surface area contributed by atoms with Crippen LogP contribution >= 0.6 is 24.3 Å². The van der Waals surface area contributed by atoms with Gasteiger partial charge < -0.3 is 9.05 Å². The number of rotatable bonds is 7. The summed E-state index contributed by atoms with van der Waals surface area (Å²) in [5.74, 6) is 0. The van der Waals surface area contributed by atoms with E-state index in [2.05, 4.69) is 22.2 Å². The van der Waals surface area contributed by atoms with E-state index in [9.17, 15) is 13.7 Å². The highest BCUT2D eigenvalue weighted by atomic mass is 31.3. The Hall–Kier alpha value is -0.180. The Kier molecular flexibility index (Phi) is 7.07. The van der Waals surface area contributed by atoms with E-state index in [4.69, 9.17) is 5.26 Å². The molecule has 0 amide bonds. The third kappa shape index (κ3) is 6.08. The topological polar surface area (TPSA) is 121 Å². The minimum absolute atomic E-state index is 0.910. The molecule has 0 saturated heterocycles. The van der Waals surface area contributed by atoms with Crippen molar-refractivity contribution in [2.45, 2.75) is 0 Å². The number of nitrogens with zero attached hydrogens (tertiary/aromatic N) is 1. The maximum Gasteiger partial charge on any atom is 0.489 e. The number of hydrogen-bond donors (Lipinski definition) is 0. The Morgan fingerprint density at radius 2 is 1.73 bits per heavy atom. The van der Waals surface area contributed by atoms with Gasteiger partial charge in [0, 0.05) is 14.2 Å². The van der Waals surface area contributed by atoms with E-state index in [0.29, 0.717) is 0 Å². The van der Waals surface area contributed by atoms with Crippen molar-refractivity contribution in [3.63, 3.8) is 0 Å². The summed E-state index contributed by atoms with van der Waals surface area (Å²) in [6.45, 7) is 0. The summed E-state index contributed by atoms with van der Waals surface area (Å²) in [4.78, 5) is 0. The van der Waals surface area contributed by atoms with Gasteiger partial charge in [-0.2, -0.15) is 4.31 Å². The fourth-order valence-corrected chi connectivity index (χ4v) is 3.43. The molecule has 0 aliphatic rings. The summed E-state index contributed by atoms with van der Waals surface area (Å²) in [6.07, 6.45) is 1.06. The van der Waals surface area contributed by atoms with Crippen molar-refractivity contribution in [2.24, 2.45) is 0 Å². The van der Waals surface area contributed by atoms with Gasteiger partial charge in [0.25, 0.3) is 6.26 Å². The first-order chi connectivity index (χ1) is 6.97. The van der Waals surface area contributed by atoms with Crippen LogP contribution in [0.3, 0.4) is 0 Å². The first-order valence-electron chi connectivity index (χ1n) is 3.20. The molecule has 3 unspecified atom stereocenters. The van der Waals surface area contributed by atoms with Crippen LogP contribution in [-0.4, -0.2) is 14.2 Å². The molecule has 3 atom stereocenters. The van der Waals surface area contributed by atoms with Crippen LogP contribution in [0.15, 0.2) is 0 Å². The second-order valence-corrected chi connectivity index (χ2v) is 6.04. The summed E-state index contributed by atoms with van der Waals surface area (Å²) < 4.78 is 53.4. The van der Waals surface area contributed by atoms with Crippen molar-refractivity contribution in [2.75, 3.05) is 14.2 Å². The molecule has 15 heavy (non-hydrogen) atoms. The molecule has 9 nitrogen and oxygen atoms in total. The third-order valence-electron chi connectivity index (χ3n) is 0.892. The van der Waals surface area contributed by atoms with Crippen LogP contribution in [0.2, 0.25) is 0 Å². The Labute approximate surface area is 86.7 Å². The van der Waals surface area contributed by atoms with Gasteiger partial charge in [-0.1, -0.05) is 0 Å². The van der Waals surface area contributed by atoms with Crippen LogP contribution in [0.1, 0.15) is 0 Å². The van der Waals surface area contributed by atoms with E-state index in [-0.39, 0.29) is 0 Å². The normalized spacial score (nSPS) is 18.5. The van der Waals surface area contributed by atoms with E-state index >= 15 is 0 Å². The average Bonchev–Trinajstić information content (AvgIpc) is 2.17. The van der Waals surface area contributed by atoms with Crippen LogP contribution in [0.4, 0.5) is 0 Å². The van der Waals surface area contributed by atoms with Gasteiger partial charge in [0.15, 0.2) is 0 Å². The summed E-state index contributed by atoms with van der Waals surface area (Å²) in [5.41, 5.74) is 0. The molecule has 12 heteroatoms. The van der Waals surface area contributed by atoms with Crippen LogP contribution < -0.4 is 0 Å². The molecular weight excluding hydrogens is 271 g/mol. The maximum atomic E-state index is 11.4. The van der Waals surface area contributed by atoms with E-state index in [1.54, 1.807) is 0 Å². The summed E-state index contributed by atoms with van der Waals surface area (Å²) in [6, 6.07) is 0. The molecule has 0 bridgehead atoms. The van der Waals surface area contributed by atoms with Gasteiger partial charge >= 0.3 is 24.3 Å². The molecule has 0 aliphatic carbocycles. The highest BCUT2D eigenvalue weighted by Gasteiger charge is 2.31. The molecule has 0 fully saturated rings. The lowest BCUT2D eigenvalue weighted by atomic mass is 11.6. The largest absolute Gasteiger partial charge is 0.489 e. The number of phosphoric acid groups is 1. The summed E-state index contributed by atoms with van der Waals surface area (Å²) >= 11 is 0. The number of hydrogen-bond acceptors (Lipinski definition) is 9. The zero-order chi connectivity index (χ0) is 11.9. The van der Waals surface area contributed by atoms with Crippen LogP contribution in [-0.2, 0) is 35.9 Å². The molecule has 0 rings (SSSR count). The molecule has 0 aromatic heterocycles. The van der Waals surface area contributed by atoms with Crippen molar-refractivity contribution < 1.29 is 35.9 Å². The van der Waals surface area contributed by atoms with Gasteiger partial charge in [0.1, 0.15) is 0 Å². The molecule has 0 aromatic rings. The monoisotopic (exact) mass is 279 g/mol. The van der Waals surface area contributed by atoms with Gasteiger partial charge in [-0.3, -0.25) is 9.09 Å². The molecule has 0 aliphatic heterocycles. The molecule has 0 heterocycles. The molecular formula is C3H8NO8P3. The van der Waals surface area contributed by atoms with Crippen LogP contribution in [0.25, 0.3) is 0 Å². The van der Waals surface area contributed by atoms with Gasteiger partial charge in [-0.15, -0.1) is 5.26 Å². The van der Waals surface area contributed by atoms with E-state index in [1.165, 1.54) is 0 Å². The molecule has 0 aromatic carbocycles. The van der Waals surface area contributed by atoms with Crippen LogP contribution in [0, 0.1) is 11.5 Å². The standard InChI is InChI=1S/C3H8NO8P3/c1-8-13(5)11-15(7,9-2)12-14(6)10-3-4/h13-14H,1-2H3. The van der Waals surface area contributed by atoms with E-state index in [1.807, 2.05) is 0 Å². The van der Waals surface area contributed by atoms with Gasteiger partial charge in [0.2, 0.25) is 0 Å². The smallest absolute Gasteiger partial charge is 0.351 e.